The van der Waals surface area contributed by atoms with Crippen molar-refractivity contribution in [3.8, 4) is 0 Å². The predicted octanol–water partition coefficient (Wildman–Crippen LogP) is 5.01. The smallest absolute Gasteiger partial charge is 0.254 e. The number of benzene rings is 1. The number of nitrogens with zero attached hydrogens (tertiary/aromatic N) is 2. The predicted molar refractivity (Wildman–Crippen MR) is 107 cm³/mol. The highest BCUT2D eigenvalue weighted by Gasteiger charge is 2.25. The largest absolute Gasteiger partial charge is 0.330 e. The Kier molecular flexibility index (Phi) is 6.01. The molecule has 2 amide bonds. The van der Waals surface area contributed by atoms with Gasteiger partial charge >= 0.3 is 0 Å². The van der Waals surface area contributed by atoms with Gasteiger partial charge in [-0.3, -0.25) is 9.59 Å². The zero-order chi connectivity index (χ0) is 18.7. The zero-order valence-corrected chi connectivity index (χ0v) is 16.4. The minimum Gasteiger partial charge on any atom is -0.330 e. The third-order valence-corrected chi connectivity index (χ3v) is 5.71. The fourth-order valence-electron chi connectivity index (χ4n) is 2.94. The van der Waals surface area contributed by atoms with Gasteiger partial charge in [-0.25, -0.2) is 0 Å². The van der Waals surface area contributed by atoms with Crippen molar-refractivity contribution in [2.24, 2.45) is 0 Å². The Labute approximate surface area is 166 Å². The van der Waals surface area contributed by atoms with Crippen molar-refractivity contribution < 1.29 is 9.59 Å². The quantitative estimate of drug-likeness (QED) is 0.630. The molecule has 0 N–H and O–H groups in total. The Balaban J connectivity index is 1.86. The van der Waals surface area contributed by atoms with Gasteiger partial charge in [-0.2, -0.15) is 0 Å². The summed E-state index contributed by atoms with van der Waals surface area (Å²) in [6.07, 6.45) is 3.00. The molecule has 1 aromatic heterocycles. The first kappa shape index (κ1) is 19.0. The molecule has 4 nitrogen and oxygen atoms in total. The molecule has 0 saturated carbocycles. The number of carbonyl (C=O) groups excluding carboxylic acids is 2. The highest BCUT2D eigenvalue weighted by Crippen LogP contribution is 2.31. The monoisotopic (exact) mass is 408 g/mol. The van der Waals surface area contributed by atoms with E-state index in [-0.39, 0.29) is 11.8 Å². The summed E-state index contributed by atoms with van der Waals surface area (Å²) in [5.74, 6) is -0.105. The van der Waals surface area contributed by atoms with Crippen molar-refractivity contribution in [1.29, 1.82) is 0 Å². The molecule has 1 saturated heterocycles. The van der Waals surface area contributed by atoms with Crippen molar-refractivity contribution in [1.82, 2.24) is 4.90 Å². The molecular weight excluding hydrogens is 391 g/mol. The lowest BCUT2D eigenvalue weighted by molar-refractivity contribution is -0.117. The lowest BCUT2D eigenvalue weighted by atomic mass is 10.1. The number of halogens is 2. The Morgan fingerprint density at radius 3 is 2.73 bits per heavy atom. The van der Waals surface area contributed by atoms with Crippen molar-refractivity contribution >= 4 is 52.0 Å². The van der Waals surface area contributed by atoms with Crippen LogP contribution in [0.3, 0.4) is 0 Å². The van der Waals surface area contributed by atoms with Crippen LogP contribution >= 0.6 is 34.5 Å². The Hall–Kier alpha value is -1.82. The van der Waals surface area contributed by atoms with E-state index in [1.807, 2.05) is 12.1 Å². The molecule has 0 atom stereocenters. The lowest BCUT2D eigenvalue weighted by Crippen LogP contribution is -2.31. The lowest BCUT2D eigenvalue weighted by Gasteiger charge is -2.22. The van der Waals surface area contributed by atoms with Crippen LogP contribution in [0.2, 0.25) is 9.36 Å². The molecule has 2 heterocycles. The number of rotatable bonds is 6. The van der Waals surface area contributed by atoms with Crippen LogP contribution < -0.4 is 4.90 Å². The highest BCUT2D eigenvalue weighted by molar-refractivity contribution is 7.16. The van der Waals surface area contributed by atoms with Gasteiger partial charge in [0.25, 0.3) is 5.91 Å². The number of anilines is 1. The molecule has 1 aliphatic heterocycles. The van der Waals surface area contributed by atoms with Crippen molar-refractivity contribution in [2.75, 3.05) is 18.0 Å². The van der Waals surface area contributed by atoms with E-state index in [9.17, 15) is 9.59 Å². The SMILES string of the molecule is C=CCN(Cc1ccc(Cl)s1)C(=O)c1ccc(Cl)c(N2CCCC2=O)c1. The molecule has 136 valence electrons. The van der Waals surface area contributed by atoms with Crippen molar-refractivity contribution in [2.45, 2.75) is 19.4 Å². The molecule has 7 heteroatoms. The fraction of sp³-hybridized carbons (Fsp3) is 0.263. The van der Waals surface area contributed by atoms with E-state index in [2.05, 4.69) is 6.58 Å². The number of amides is 2. The van der Waals surface area contributed by atoms with E-state index in [0.717, 1.165) is 11.3 Å². The topological polar surface area (TPSA) is 40.6 Å². The first-order valence-electron chi connectivity index (χ1n) is 8.24. The van der Waals surface area contributed by atoms with Crippen LogP contribution in [0.15, 0.2) is 43.0 Å². The van der Waals surface area contributed by atoms with Gasteiger partial charge in [0, 0.05) is 30.0 Å². The van der Waals surface area contributed by atoms with Gasteiger partial charge < -0.3 is 9.80 Å². The fourth-order valence-corrected chi connectivity index (χ4v) is 4.26. The third-order valence-electron chi connectivity index (χ3n) is 4.17. The molecule has 0 spiro atoms. The highest BCUT2D eigenvalue weighted by atomic mass is 35.5. The third kappa shape index (κ3) is 4.11. The van der Waals surface area contributed by atoms with E-state index in [1.165, 1.54) is 11.3 Å². The Morgan fingerprint density at radius 1 is 1.31 bits per heavy atom. The number of hydrogen-bond acceptors (Lipinski definition) is 3. The maximum absolute atomic E-state index is 13.0. The molecule has 0 aliphatic carbocycles. The first-order valence-corrected chi connectivity index (χ1v) is 9.81. The second kappa shape index (κ2) is 8.25. The molecule has 1 fully saturated rings. The molecule has 1 aliphatic rings. The summed E-state index contributed by atoms with van der Waals surface area (Å²) in [6.45, 7) is 5.22. The van der Waals surface area contributed by atoms with Crippen LogP contribution in [0.1, 0.15) is 28.1 Å². The van der Waals surface area contributed by atoms with Gasteiger partial charge in [0.1, 0.15) is 0 Å². The normalized spacial score (nSPS) is 13.9. The standard InChI is InChI=1S/C19H18Cl2N2O2S/c1-2-9-22(12-14-6-8-17(21)26-14)19(25)13-5-7-15(20)16(11-13)23-10-3-4-18(23)24/h2,5-8,11H,1,3-4,9-10,12H2. The van der Waals surface area contributed by atoms with E-state index in [4.69, 9.17) is 23.2 Å². The van der Waals surface area contributed by atoms with Gasteiger partial charge in [0.05, 0.1) is 21.6 Å². The van der Waals surface area contributed by atoms with Crippen LogP contribution in [0.4, 0.5) is 5.69 Å². The minimum absolute atomic E-state index is 0.0349. The van der Waals surface area contributed by atoms with Crippen molar-refractivity contribution in [3.05, 3.63) is 62.8 Å². The summed E-state index contributed by atoms with van der Waals surface area (Å²) in [7, 11) is 0. The summed E-state index contributed by atoms with van der Waals surface area (Å²) in [5.41, 5.74) is 1.09. The summed E-state index contributed by atoms with van der Waals surface area (Å²) in [4.78, 5) is 29.4. The molecule has 0 unspecified atom stereocenters. The molecule has 1 aromatic carbocycles. The Morgan fingerprint density at radius 2 is 2.12 bits per heavy atom. The summed E-state index contributed by atoms with van der Waals surface area (Å²) in [5, 5.41) is 0.470. The van der Waals surface area contributed by atoms with E-state index >= 15 is 0 Å². The maximum atomic E-state index is 13.0. The van der Waals surface area contributed by atoms with Crippen LogP contribution in [0, 0.1) is 0 Å². The summed E-state index contributed by atoms with van der Waals surface area (Å²) >= 11 is 13.7. The second-order valence-electron chi connectivity index (χ2n) is 6.00. The van der Waals surface area contributed by atoms with Crippen LogP contribution in [-0.4, -0.2) is 29.8 Å². The summed E-state index contributed by atoms with van der Waals surface area (Å²) < 4.78 is 0.687. The average molecular weight is 409 g/mol. The average Bonchev–Trinajstić information content (AvgIpc) is 3.22. The molecule has 26 heavy (non-hydrogen) atoms. The van der Waals surface area contributed by atoms with Gasteiger partial charge in [0.15, 0.2) is 0 Å². The van der Waals surface area contributed by atoms with Crippen molar-refractivity contribution in [3.63, 3.8) is 0 Å². The maximum Gasteiger partial charge on any atom is 0.254 e. The number of carbonyl (C=O) groups is 2. The second-order valence-corrected chi connectivity index (χ2v) is 8.20. The minimum atomic E-state index is -0.140. The molecule has 0 bridgehead atoms. The van der Waals surface area contributed by atoms with E-state index < -0.39 is 0 Å². The van der Waals surface area contributed by atoms with Gasteiger partial charge in [0.2, 0.25) is 5.91 Å². The number of thiophene rings is 1. The zero-order valence-electron chi connectivity index (χ0n) is 14.1. The number of hydrogen-bond donors (Lipinski definition) is 0. The first-order chi connectivity index (χ1) is 12.5. The molecule has 0 radical (unpaired) electrons. The molecule has 2 aromatic rings. The molecular formula is C19H18Cl2N2O2S. The summed E-state index contributed by atoms with van der Waals surface area (Å²) in [6, 6.07) is 8.78. The Bertz CT molecular complexity index is 850. The van der Waals surface area contributed by atoms with Crippen LogP contribution in [-0.2, 0) is 11.3 Å². The van der Waals surface area contributed by atoms with Gasteiger partial charge in [-0.05, 0) is 36.8 Å². The molecule has 3 rings (SSSR count). The van der Waals surface area contributed by atoms with Crippen LogP contribution in [0.5, 0.6) is 0 Å². The van der Waals surface area contributed by atoms with Gasteiger partial charge in [-0.15, -0.1) is 17.9 Å². The van der Waals surface area contributed by atoms with E-state index in [0.29, 0.717) is 46.7 Å². The van der Waals surface area contributed by atoms with Crippen LogP contribution in [0.25, 0.3) is 0 Å². The van der Waals surface area contributed by atoms with E-state index in [1.54, 1.807) is 34.1 Å². The van der Waals surface area contributed by atoms with Gasteiger partial charge in [-0.1, -0.05) is 29.3 Å².